The summed E-state index contributed by atoms with van der Waals surface area (Å²) in [6.07, 6.45) is 3.80. The second-order valence-electron chi connectivity index (χ2n) is 4.38. The summed E-state index contributed by atoms with van der Waals surface area (Å²) in [6.45, 7) is 5.21. The van der Waals surface area contributed by atoms with Crippen molar-refractivity contribution in [1.82, 2.24) is 10.3 Å². The minimum atomic E-state index is -0.592. The van der Waals surface area contributed by atoms with Crippen LogP contribution in [0.1, 0.15) is 43.5 Å². The zero-order chi connectivity index (χ0) is 15.0. The molecule has 7 heteroatoms. The summed E-state index contributed by atoms with van der Waals surface area (Å²) in [7, 11) is 0. The van der Waals surface area contributed by atoms with Gasteiger partial charge in [-0.05, 0) is 12.8 Å². The molecule has 0 saturated heterocycles. The van der Waals surface area contributed by atoms with Crippen molar-refractivity contribution in [1.29, 1.82) is 0 Å². The number of nitrogens with one attached hydrogen (secondary N) is 2. The molecule has 0 aliphatic rings. The maximum absolute atomic E-state index is 12.0. The Morgan fingerprint density at radius 1 is 1.35 bits per heavy atom. The predicted molar refractivity (Wildman–Crippen MR) is 76.9 cm³/mol. The van der Waals surface area contributed by atoms with Crippen LogP contribution < -0.4 is 10.6 Å². The van der Waals surface area contributed by atoms with Crippen molar-refractivity contribution < 1.29 is 9.72 Å². The molecular formula is C13H20N4O3. The molecule has 1 rings (SSSR count). The molecule has 7 nitrogen and oxygen atoms in total. The van der Waals surface area contributed by atoms with Gasteiger partial charge in [0.25, 0.3) is 11.6 Å². The molecule has 0 radical (unpaired) electrons. The van der Waals surface area contributed by atoms with E-state index < -0.39 is 10.8 Å². The molecule has 0 fully saturated rings. The van der Waals surface area contributed by atoms with Gasteiger partial charge >= 0.3 is 0 Å². The molecule has 0 bridgehead atoms. The van der Waals surface area contributed by atoms with Crippen molar-refractivity contribution in [3.05, 3.63) is 27.9 Å². The highest BCUT2D eigenvalue weighted by atomic mass is 16.6. The summed E-state index contributed by atoms with van der Waals surface area (Å²) >= 11 is 0. The maximum atomic E-state index is 12.0. The van der Waals surface area contributed by atoms with Gasteiger partial charge in [0.1, 0.15) is 17.6 Å². The van der Waals surface area contributed by atoms with E-state index in [0.717, 1.165) is 25.5 Å². The Kier molecular flexibility index (Phi) is 6.42. The molecule has 1 heterocycles. The minimum absolute atomic E-state index is 0.0414. The standard InChI is InChI=1S/C13H20N4O3/c1-3-5-7-15-13(18)10-8-12(14-6-4-2)16-9-11(10)17(19)20/h8-9H,3-7H2,1-2H3,(H,14,16)(H,15,18). The Labute approximate surface area is 117 Å². The molecule has 0 aromatic carbocycles. The van der Waals surface area contributed by atoms with Crippen molar-refractivity contribution in [3.63, 3.8) is 0 Å². The molecule has 0 atom stereocenters. The number of rotatable bonds is 8. The largest absolute Gasteiger partial charge is 0.370 e. The lowest BCUT2D eigenvalue weighted by Gasteiger charge is -2.08. The topological polar surface area (TPSA) is 97.2 Å². The van der Waals surface area contributed by atoms with Gasteiger partial charge in [-0.15, -0.1) is 0 Å². The van der Waals surface area contributed by atoms with E-state index in [4.69, 9.17) is 0 Å². The average Bonchev–Trinajstić information content (AvgIpc) is 2.44. The summed E-state index contributed by atoms with van der Waals surface area (Å²) in [5.74, 6) is 0.0326. The fraction of sp³-hybridized carbons (Fsp3) is 0.538. The number of aromatic nitrogens is 1. The van der Waals surface area contributed by atoms with E-state index in [1.807, 2.05) is 13.8 Å². The summed E-state index contributed by atoms with van der Waals surface area (Å²) in [4.78, 5) is 26.3. The van der Waals surface area contributed by atoms with E-state index in [1.165, 1.54) is 6.07 Å². The maximum Gasteiger partial charge on any atom is 0.300 e. The highest BCUT2D eigenvalue weighted by molar-refractivity contribution is 5.98. The van der Waals surface area contributed by atoms with Crippen LogP contribution in [0.5, 0.6) is 0 Å². The summed E-state index contributed by atoms with van der Waals surface area (Å²) in [6, 6.07) is 1.43. The number of hydrogen-bond acceptors (Lipinski definition) is 5. The zero-order valence-corrected chi connectivity index (χ0v) is 11.8. The summed E-state index contributed by atoms with van der Waals surface area (Å²) < 4.78 is 0. The van der Waals surface area contributed by atoms with E-state index in [9.17, 15) is 14.9 Å². The van der Waals surface area contributed by atoms with Crippen LogP contribution in [0, 0.1) is 10.1 Å². The van der Waals surface area contributed by atoms with E-state index in [2.05, 4.69) is 15.6 Å². The summed E-state index contributed by atoms with van der Waals surface area (Å²) in [5.41, 5.74) is -0.235. The van der Waals surface area contributed by atoms with Gasteiger partial charge in [-0.25, -0.2) is 4.98 Å². The van der Waals surface area contributed by atoms with Crippen LogP contribution in [0.4, 0.5) is 11.5 Å². The first kappa shape index (κ1) is 15.9. The third-order valence-corrected chi connectivity index (χ3v) is 2.70. The molecule has 0 aliphatic heterocycles. The van der Waals surface area contributed by atoms with Crippen LogP contribution in [0.3, 0.4) is 0 Å². The molecule has 1 aromatic heterocycles. The van der Waals surface area contributed by atoms with Gasteiger partial charge in [0.2, 0.25) is 0 Å². The summed E-state index contributed by atoms with van der Waals surface area (Å²) in [5, 5.41) is 16.6. The van der Waals surface area contributed by atoms with E-state index >= 15 is 0 Å². The Bertz CT molecular complexity index is 477. The van der Waals surface area contributed by atoms with Gasteiger partial charge in [-0.3, -0.25) is 14.9 Å². The number of nitro groups is 1. The van der Waals surface area contributed by atoms with E-state index in [1.54, 1.807) is 0 Å². The fourth-order valence-electron chi connectivity index (χ4n) is 1.60. The van der Waals surface area contributed by atoms with Crippen molar-refractivity contribution in [2.75, 3.05) is 18.4 Å². The first-order valence-electron chi connectivity index (χ1n) is 6.76. The van der Waals surface area contributed by atoms with Crippen molar-refractivity contribution in [3.8, 4) is 0 Å². The number of anilines is 1. The van der Waals surface area contributed by atoms with Crippen LogP contribution in [0.2, 0.25) is 0 Å². The quantitative estimate of drug-likeness (QED) is 0.433. The molecule has 0 saturated carbocycles. The van der Waals surface area contributed by atoms with Crippen LogP contribution in [-0.2, 0) is 0 Å². The normalized spacial score (nSPS) is 10.1. The molecule has 1 amide bonds. The molecule has 0 aliphatic carbocycles. The SMILES string of the molecule is CCCCNC(=O)c1cc(NCCC)ncc1[N+](=O)[O-]. The lowest BCUT2D eigenvalue weighted by atomic mass is 10.2. The lowest BCUT2D eigenvalue weighted by molar-refractivity contribution is -0.385. The van der Waals surface area contributed by atoms with Crippen LogP contribution in [-0.4, -0.2) is 28.9 Å². The van der Waals surface area contributed by atoms with Gasteiger partial charge in [0.15, 0.2) is 0 Å². The number of nitrogens with zero attached hydrogens (tertiary/aromatic N) is 2. The van der Waals surface area contributed by atoms with Gasteiger partial charge in [-0.1, -0.05) is 20.3 Å². The van der Waals surface area contributed by atoms with E-state index in [-0.39, 0.29) is 11.3 Å². The number of hydrogen-bond donors (Lipinski definition) is 2. The van der Waals surface area contributed by atoms with Crippen LogP contribution in [0.15, 0.2) is 12.3 Å². The van der Waals surface area contributed by atoms with Crippen molar-refractivity contribution in [2.24, 2.45) is 0 Å². The first-order valence-corrected chi connectivity index (χ1v) is 6.76. The van der Waals surface area contributed by atoms with Crippen LogP contribution in [0.25, 0.3) is 0 Å². The second kappa shape index (κ2) is 8.08. The van der Waals surface area contributed by atoms with Gasteiger partial charge in [-0.2, -0.15) is 0 Å². The van der Waals surface area contributed by atoms with Crippen molar-refractivity contribution in [2.45, 2.75) is 33.1 Å². The van der Waals surface area contributed by atoms with Gasteiger partial charge in [0.05, 0.1) is 4.92 Å². The minimum Gasteiger partial charge on any atom is -0.370 e. The Hall–Kier alpha value is -2.18. The average molecular weight is 280 g/mol. The van der Waals surface area contributed by atoms with Crippen molar-refractivity contribution >= 4 is 17.4 Å². The van der Waals surface area contributed by atoms with E-state index in [0.29, 0.717) is 18.9 Å². The number of unbranched alkanes of at least 4 members (excludes halogenated alkanes) is 1. The molecule has 110 valence electrons. The smallest absolute Gasteiger partial charge is 0.300 e. The highest BCUT2D eigenvalue weighted by Gasteiger charge is 2.21. The zero-order valence-electron chi connectivity index (χ0n) is 11.8. The third kappa shape index (κ3) is 4.49. The predicted octanol–water partition coefficient (Wildman–Crippen LogP) is 2.34. The first-order chi connectivity index (χ1) is 9.60. The number of pyridine rings is 1. The van der Waals surface area contributed by atoms with Crippen LogP contribution >= 0.6 is 0 Å². The Morgan fingerprint density at radius 3 is 2.70 bits per heavy atom. The molecule has 0 spiro atoms. The monoisotopic (exact) mass is 280 g/mol. The Balaban J connectivity index is 2.93. The lowest BCUT2D eigenvalue weighted by Crippen LogP contribution is -2.25. The van der Waals surface area contributed by atoms with Gasteiger partial charge in [0, 0.05) is 19.2 Å². The molecule has 20 heavy (non-hydrogen) atoms. The second-order valence-corrected chi connectivity index (χ2v) is 4.38. The molecule has 2 N–H and O–H groups in total. The third-order valence-electron chi connectivity index (χ3n) is 2.70. The molecule has 0 unspecified atom stereocenters. The number of amides is 1. The Morgan fingerprint density at radius 2 is 2.10 bits per heavy atom. The van der Waals surface area contributed by atoms with Gasteiger partial charge < -0.3 is 10.6 Å². The fourth-order valence-corrected chi connectivity index (χ4v) is 1.60. The molecule has 1 aromatic rings. The number of carbonyl (C=O) groups excluding carboxylic acids is 1. The highest BCUT2D eigenvalue weighted by Crippen LogP contribution is 2.20. The molecular weight excluding hydrogens is 260 g/mol. The number of carbonyl (C=O) groups is 1.